The van der Waals surface area contributed by atoms with Crippen LogP contribution in [0.25, 0.3) is 0 Å². The Morgan fingerprint density at radius 1 is 1.41 bits per heavy atom. The lowest BCUT2D eigenvalue weighted by Gasteiger charge is -2.32. The largest absolute Gasteiger partial charge is 0.490 e. The van der Waals surface area contributed by atoms with Crippen molar-refractivity contribution in [1.29, 1.82) is 0 Å². The van der Waals surface area contributed by atoms with Gasteiger partial charge in [-0.1, -0.05) is 6.58 Å². The van der Waals surface area contributed by atoms with E-state index in [0.717, 1.165) is 25.9 Å². The summed E-state index contributed by atoms with van der Waals surface area (Å²) in [4.78, 5) is 26.2. The highest BCUT2D eigenvalue weighted by Crippen LogP contribution is 2.21. The number of halogens is 3. The van der Waals surface area contributed by atoms with Gasteiger partial charge in [-0.2, -0.15) is 13.2 Å². The number of carboxylic acid groups (broad SMARTS) is 1. The highest BCUT2D eigenvalue weighted by Gasteiger charge is 2.38. The van der Waals surface area contributed by atoms with E-state index in [0.29, 0.717) is 6.04 Å². The quantitative estimate of drug-likeness (QED) is 0.844. The molecule has 0 aliphatic carbocycles. The van der Waals surface area contributed by atoms with Crippen LogP contribution in [0.1, 0.15) is 18.9 Å². The van der Waals surface area contributed by atoms with E-state index in [1.165, 1.54) is 6.08 Å². The minimum atomic E-state index is -5.08. The molecule has 1 aromatic rings. The first kappa shape index (κ1) is 17.7. The van der Waals surface area contributed by atoms with Crippen molar-refractivity contribution in [2.24, 2.45) is 0 Å². The molecule has 0 bridgehead atoms. The molecule has 1 N–H and O–H groups in total. The van der Waals surface area contributed by atoms with E-state index in [1.807, 2.05) is 17.4 Å². The minimum Gasteiger partial charge on any atom is -0.475 e. The fourth-order valence-corrected chi connectivity index (χ4v) is 2.01. The second kappa shape index (κ2) is 7.62. The smallest absolute Gasteiger partial charge is 0.475 e. The second-order valence-corrected chi connectivity index (χ2v) is 4.60. The predicted molar refractivity (Wildman–Crippen MR) is 71.0 cm³/mol. The number of imidazole rings is 1. The highest BCUT2D eigenvalue weighted by molar-refractivity contribution is 5.87. The zero-order valence-electron chi connectivity index (χ0n) is 11.7. The van der Waals surface area contributed by atoms with Gasteiger partial charge in [0.15, 0.2) is 0 Å². The number of carboxylic acids is 1. The molecule has 0 radical (unpaired) electrons. The lowest BCUT2D eigenvalue weighted by Crippen LogP contribution is -2.39. The van der Waals surface area contributed by atoms with Crippen molar-refractivity contribution in [3.63, 3.8) is 0 Å². The van der Waals surface area contributed by atoms with E-state index in [4.69, 9.17) is 9.90 Å². The van der Waals surface area contributed by atoms with E-state index in [2.05, 4.69) is 16.1 Å². The molecule has 9 heteroatoms. The number of carbonyl (C=O) groups is 2. The molecule has 1 unspecified atom stereocenters. The average molecular weight is 319 g/mol. The number of likely N-dealkylation sites (tertiary alicyclic amines) is 1. The number of rotatable bonds is 2. The molecule has 1 aliphatic rings. The Kier molecular flexibility index (Phi) is 6.14. The van der Waals surface area contributed by atoms with Crippen molar-refractivity contribution in [2.75, 3.05) is 13.1 Å². The van der Waals surface area contributed by atoms with Gasteiger partial charge in [0.2, 0.25) is 5.91 Å². The normalized spacial score (nSPS) is 18.1. The van der Waals surface area contributed by atoms with Crippen molar-refractivity contribution in [3.8, 4) is 0 Å². The molecular formula is C13H16F3N3O3. The lowest BCUT2D eigenvalue weighted by molar-refractivity contribution is -0.192. The summed E-state index contributed by atoms with van der Waals surface area (Å²) < 4.78 is 33.8. The molecule has 1 atom stereocenters. The van der Waals surface area contributed by atoms with E-state index in [-0.39, 0.29) is 5.91 Å². The van der Waals surface area contributed by atoms with Crippen molar-refractivity contribution in [1.82, 2.24) is 14.5 Å². The van der Waals surface area contributed by atoms with Gasteiger partial charge in [-0.3, -0.25) is 4.79 Å². The zero-order chi connectivity index (χ0) is 16.8. The van der Waals surface area contributed by atoms with E-state index in [1.54, 1.807) is 6.20 Å². The van der Waals surface area contributed by atoms with Crippen LogP contribution in [0.2, 0.25) is 0 Å². The highest BCUT2D eigenvalue weighted by atomic mass is 19.4. The SMILES string of the molecule is C=CC(=O)N1CCCC(n2ccnc2)C1.O=C(O)C(F)(F)F. The first-order valence-corrected chi connectivity index (χ1v) is 6.44. The Hall–Kier alpha value is -2.32. The maximum atomic E-state index is 11.5. The van der Waals surface area contributed by atoms with Gasteiger partial charge in [0.05, 0.1) is 12.4 Å². The van der Waals surface area contributed by atoms with Crippen LogP contribution in [0, 0.1) is 0 Å². The fraction of sp³-hybridized carbons (Fsp3) is 0.462. The van der Waals surface area contributed by atoms with Gasteiger partial charge in [0.25, 0.3) is 0 Å². The minimum absolute atomic E-state index is 0.0276. The van der Waals surface area contributed by atoms with Gasteiger partial charge >= 0.3 is 12.1 Å². The summed E-state index contributed by atoms with van der Waals surface area (Å²) in [6.07, 6.45) is 3.99. The lowest BCUT2D eigenvalue weighted by atomic mass is 10.1. The van der Waals surface area contributed by atoms with Crippen LogP contribution in [0.3, 0.4) is 0 Å². The third kappa shape index (κ3) is 5.23. The van der Waals surface area contributed by atoms with Crippen molar-refractivity contribution in [2.45, 2.75) is 25.1 Å². The molecule has 2 heterocycles. The molecule has 2 rings (SSSR count). The molecule has 0 aromatic carbocycles. The number of piperidine rings is 1. The van der Waals surface area contributed by atoms with Gasteiger partial charge in [-0.05, 0) is 18.9 Å². The molecular weight excluding hydrogens is 303 g/mol. The monoisotopic (exact) mass is 319 g/mol. The number of hydrogen-bond acceptors (Lipinski definition) is 3. The molecule has 1 aromatic heterocycles. The number of aromatic nitrogens is 2. The van der Waals surface area contributed by atoms with E-state index in [9.17, 15) is 18.0 Å². The molecule has 122 valence electrons. The summed E-state index contributed by atoms with van der Waals surface area (Å²) >= 11 is 0. The average Bonchev–Trinajstić information content (AvgIpc) is 3.00. The molecule has 6 nitrogen and oxygen atoms in total. The molecule has 1 fully saturated rings. The third-order valence-corrected chi connectivity index (χ3v) is 3.07. The molecule has 1 saturated heterocycles. The van der Waals surface area contributed by atoms with Gasteiger partial charge in [-0.25, -0.2) is 9.78 Å². The van der Waals surface area contributed by atoms with Crippen LogP contribution in [0.4, 0.5) is 13.2 Å². The number of alkyl halides is 3. The molecule has 0 saturated carbocycles. The van der Waals surface area contributed by atoms with Crippen LogP contribution in [0.15, 0.2) is 31.4 Å². The third-order valence-electron chi connectivity index (χ3n) is 3.07. The van der Waals surface area contributed by atoms with Crippen LogP contribution < -0.4 is 0 Å². The van der Waals surface area contributed by atoms with Gasteiger partial charge < -0.3 is 14.6 Å². The molecule has 22 heavy (non-hydrogen) atoms. The zero-order valence-corrected chi connectivity index (χ0v) is 11.7. The number of amides is 1. The number of hydrogen-bond donors (Lipinski definition) is 1. The summed E-state index contributed by atoms with van der Waals surface area (Å²) in [5, 5.41) is 7.12. The summed E-state index contributed by atoms with van der Waals surface area (Å²) in [5.41, 5.74) is 0. The number of aliphatic carboxylic acids is 1. The molecule has 1 aliphatic heterocycles. The summed E-state index contributed by atoms with van der Waals surface area (Å²) in [6.45, 7) is 5.12. The first-order chi connectivity index (χ1) is 10.3. The Balaban J connectivity index is 0.000000295. The summed E-state index contributed by atoms with van der Waals surface area (Å²) in [6, 6.07) is 0.366. The number of carbonyl (C=O) groups excluding carboxylic acids is 1. The summed E-state index contributed by atoms with van der Waals surface area (Å²) in [5.74, 6) is -2.73. The standard InChI is InChI=1S/C11H15N3O.C2HF3O2/c1-2-11(15)13-6-3-4-10(8-13)14-7-5-12-9-14;3-2(4,5)1(6)7/h2,5,7,9-10H,1,3-4,6,8H2;(H,6,7). The van der Waals surface area contributed by atoms with Crippen LogP contribution in [-0.2, 0) is 9.59 Å². The van der Waals surface area contributed by atoms with Gasteiger partial charge in [0.1, 0.15) is 0 Å². The Morgan fingerprint density at radius 2 is 2.05 bits per heavy atom. The Morgan fingerprint density at radius 3 is 2.50 bits per heavy atom. The molecule has 0 spiro atoms. The maximum absolute atomic E-state index is 11.5. The predicted octanol–water partition coefficient (Wildman–Crippen LogP) is 1.87. The topological polar surface area (TPSA) is 75.4 Å². The summed E-state index contributed by atoms with van der Waals surface area (Å²) in [7, 11) is 0. The van der Waals surface area contributed by atoms with Crippen LogP contribution in [-0.4, -0.2) is 50.7 Å². The fourth-order valence-electron chi connectivity index (χ4n) is 2.01. The van der Waals surface area contributed by atoms with Gasteiger partial charge in [-0.15, -0.1) is 0 Å². The van der Waals surface area contributed by atoms with Crippen molar-refractivity contribution in [3.05, 3.63) is 31.4 Å². The Labute approximate surface area is 124 Å². The maximum Gasteiger partial charge on any atom is 0.490 e. The van der Waals surface area contributed by atoms with Crippen LogP contribution in [0.5, 0.6) is 0 Å². The first-order valence-electron chi connectivity index (χ1n) is 6.44. The second-order valence-electron chi connectivity index (χ2n) is 4.60. The van der Waals surface area contributed by atoms with Gasteiger partial charge in [0, 0.05) is 25.5 Å². The van der Waals surface area contributed by atoms with E-state index < -0.39 is 12.1 Å². The number of nitrogens with zero attached hydrogens (tertiary/aromatic N) is 3. The molecule has 1 amide bonds. The van der Waals surface area contributed by atoms with Crippen molar-refractivity contribution >= 4 is 11.9 Å². The van der Waals surface area contributed by atoms with Crippen molar-refractivity contribution < 1.29 is 27.9 Å². The van der Waals surface area contributed by atoms with E-state index >= 15 is 0 Å². The Bertz CT molecular complexity index is 514. The van der Waals surface area contributed by atoms with Crippen LogP contribution >= 0.6 is 0 Å².